The van der Waals surface area contributed by atoms with Gasteiger partial charge in [0.05, 0.1) is 13.3 Å². The molecule has 3 aromatic rings. The van der Waals surface area contributed by atoms with Crippen LogP contribution < -0.4 is 15.7 Å². The molecule has 146 valence electrons. The molecule has 0 aliphatic heterocycles. The Morgan fingerprint density at radius 2 is 1.96 bits per heavy atom. The van der Waals surface area contributed by atoms with E-state index in [0.29, 0.717) is 24.3 Å². The Morgan fingerprint density at radius 3 is 2.57 bits per heavy atom. The molecule has 7 nitrogen and oxygen atoms in total. The minimum absolute atomic E-state index is 0.0390. The molecular formula is C21H23N3O4. The predicted octanol–water partition coefficient (Wildman–Crippen LogP) is 2.41. The van der Waals surface area contributed by atoms with Gasteiger partial charge in [0.25, 0.3) is 5.91 Å². The van der Waals surface area contributed by atoms with E-state index in [-0.39, 0.29) is 5.56 Å². The van der Waals surface area contributed by atoms with E-state index in [0.717, 1.165) is 23.3 Å². The fourth-order valence-corrected chi connectivity index (χ4v) is 2.96. The number of nitrogens with one attached hydrogen (secondary N) is 1. The Bertz CT molecular complexity index is 1020. The van der Waals surface area contributed by atoms with E-state index in [1.54, 1.807) is 44.2 Å². The number of nitrogens with zero attached hydrogens (tertiary/aromatic N) is 2. The molecule has 0 unspecified atom stereocenters. The maximum atomic E-state index is 12.4. The molecule has 7 heteroatoms. The van der Waals surface area contributed by atoms with Crippen molar-refractivity contribution in [3.63, 3.8) is 0 Å². The Morgan fingerprint density at radius 1 is 1.21 bits per heavy atom. The van der Waals surface area contributed by atoms with Crippen molar-refractivity contribution in [2.24, 2.45) is 7.05 Å². The maximum Gasteiger partial charge on any atom is 0.349 e. The van der Waals surface area contributed by atoms with E-state index in [9.17, 15) is 9.59 Å². The number of aryl methyl sites for hydroxylation is 4. The highest BCUT2D eigenvalue weighted by atomic mass is 16.5. The van der Waals surface area contributed by atoms with Gasteiger partial charge < -0.3 is 14.5 Å². The van der Waals surface area contributed by atoms with Crippen molar-refractivity contribution in [1.82, 2.24) is 15.1 Å². The van der Waals surface area contributed by atoms with Gasteiger partial charge in [-0.3, -0.25) is 9.48 Å². The van der Waals surface area contributed by atoms with Crippen molar-refractivity contribution in [2.45, 2.75) is 26.3 Å². The molecule has 0 spiro atoms. The lowest BCUT2D eigenvalue weighted by Crippen LogP contribution is -2.29. The number of hydrogen-bond acceptors (Lipinski definition) is 5. The zero-order chi connectivity index (χ0) is 20.1. The molecule has 2 heterocycles. The van der Waals surface area contributed by atoms with Gasteiger partial charge in [-0.2, -0.15) is 5.10 Å². The van der Waals surface area contributed by atoms with Gasteiger partial charge in [0.1, 0.15) is 17.1 Å². The van der Waals surface area contributed by atoms with Crippen LogP contribution in [0, 0.1) is 6.92 Å². The molecule has 1 aromatic carbocycles. The quantitative estimate of drug-likeness (QED) is 0.679. The molecule has 3 rings (SSSR count). The standard InChI is InChI=1S/C21H23N3O4/c1-14-10-18(9-6-15-4-7-17(27-3)8-5-15)28-21(26)19(14)20(25)22-11-16-12-23-24(2)13-16/h4-5,7-8,10,12-13H,6,9,11H2,1-3H3,(H,22,25). The second kappa shape index (κ2) is 8.56. The van der Waals surface area contributed by atoms with Gasteiger partial charge in [0.2, 0.25) is 0 Å². The number of aromatic nitrogens is 2. The summed E-state index contributed by atoms with van der Waals surface area (Å²) in [4.78, 5) is 24.8. The molecule has 0 saturated heterocycles. The Labute approximate surface area is 162 Å². The van der Waals surface area contributed by atoms with Crippen LogP contribution >= 0.6 is 0 Å². The molecule has 28 heavy (non-hydrogen) atoms. The van der Waals surface area contributed by atoms with Gasteiger partial charge in [-0.25, -0.2) is 4.79 Å². The number of ether oxygens (including phenoxy) is 1. The topological polar surface area (TPSA) is 86.4 Å². The number of methoxy groups -OCH3 is 1. The number of rotatable bonds is 7. The zero-order valence-corrected chi connectivity index (χ0v) is 16.2. The third kappa shape index (κ3) is 4.68. The average Bonchev–Trinajstić information content (AvgIpc) is 3.10. The van der Waals surface area contributed by atoms with Crippen LogP contribution in [0.1, 0.15) is 32.8 Å². The molecule has 0 aliphatic rings. The van der Waals surface area contributed by atoms with Crippen LogP contribution in [0.3, 0.4) is 0 Å². The lowest BCUT2D eigenvalue weighted by atomic mass is 10.1. The number of carbonyl (C=O) groups is 1. The lowest BCUT2D eigenvalue weighted by Gasteiger charge is -2.08. The van der Waals surface area contributed by atoms with Crippen LogP contribution in [0.15, 0.2) is 51.9 Å². The fourth-order valence-electron chi connectivity index (χ4n) is 2.96. The molecule has 2 aromatic heterocycles. The maximum absolute atomic E-state index is 12.4. The second-order valence-electron chi connectivity index (χ2n) is 6.61. The number of carbonyl (C=O) groups excluding carboxylic acids is 1. The summed E-state index contributed by atoms with van der Waals surface area (Å²) in [6.45, 7) is 2.04. The first-order valence-electron chi connectivity index (χ1n) is 8.98. The Balaban J connectivity index is 1.65. The van der Waals surface area contributed by atoms with Gasteiger partial charge >= 0.3 is 5.63 Å². The first-order chi connectivity index (χ1) is 13.5. The van der Waals surface area contributed by atoms with Crippen LogP contribution in [-0.4, -0.2) is 22.8 Å². The van der Waals surface area contributed by atoms with Crippen LogP contribution in [0.5, 0.6) is 5.75 Å². The number of benzene rings is 1. The van der Waals surface area contributed by atoms with E-state index in [2.05, 4.69) is 10.4 Å². The first kappa shape index (κ1) is 19.4. The largest absolute Gasteiger partial charge is 0.497 e. The summed E-state index contributed by atoms with van der Waals surface area (Å²) in [5, 5.41) is 6.78. The van der Waals surface area contributed by atoms with E-state index in [1.165, 1.54) is 0 Å². The summed E-state index contributed by atoms with van der Waals surface area (Å²) in [7, 11) is 3.43. The highest BCUT2D eigenvalue weighted by molar-refractivity contribution is 5.95. The average molecular weight is 381 g/mol. The number of amides is 1. The van der Waals surface area contributed by atoms with Crippen molar-refractivity contribution in [2.75, 3.05) is 7.11 Å². The molecule has 0 saturated carbocycles. The minimum atomic E-state index is -0.617. The molecule has 0 bridgehead atoms. The summed E-state index contributed by atoms with van der Waals surface area (Å²) < 4.78 is 12.2. The minimum Gasteiger partial charge on any atom is -0.497 e. The van der Waals surface area contributed by atoms with E-state index >= 15 is 0 Å². The van der Waals surface area contributed by atoms with Gasteiger partial charge in [0, 0.05) is 31.8 Å². The fraction of sp³-hybridized carbons (Fsp3) is 0.286. The monoisotopic (exact) mass is 381 g/mol. The van der Waals surface area contributed by atoms with Gasteiger partial charge in [-0.1, -0.05) is 12.1 Å². The van der Waals surface area contributed by atoms with Gasteiger partial charge in [-0.15, -0.1) is 0 Å². The third-order valence-corrected chi connectivity index (χ3v) is 4.46. The van der Waals surface area contributed by atoms with Crippen LogP contribution in [0.4, 0.5) is 0 Å². The van der Waals surface area contributed by atoms with E-state index in [4.69, 9.17) is 9.15 Å². The first-order valence-corrected chi connectivity index (χ1v) is 8.98. The number of hydrogen-bond donors (Lipinski definition) is 1. The summed E-state index contributed by atoms with van der Waals surface area (Å²) in [5.41, 5.74) is 1.99. The molecule has 1 N–H and O–H groups in total. The van der Waals surface area contributed by atoms with Crippen molar-refractivity contribution in [3.05, 3.63) is 81.2 Å². The lowest BCUT2D eigenvalue weighted by molar-refractivity contribution is 0.0946. The highest BCUT2D eigenvalue weighted by Gasteiger charge is 2.17. The Kier molecular flexibility index (Phi) is 5.93. The molecule has 0 fully saturated rings. The van der Waals surface area contributed by atoms with Crippen molar-refractivity contribution >= 4 is 5.91 Å². The SMILES string of the molecule is COc1ccc(CCc2cc(C)c(C(=O)NCc3cnn(C)c3)c(=O)o2)cc1. The van der Waals surface area contributed by atoms with Gasteiger partial charge in [-0.05, 0) is 42.7 Å². The summed E-state index contributed by atoms with van der Waals surface area (Å²) in [5.74, 6) is 0.909. The summed E-state index contributed by atoms with van der Waals surface area (Å²) >= 11 is 0. The van der Waals surface area contributed by atoms with E-state index in [1.807, 2.05) is 24.3 Å². The third-order valence-electron chi connectivity index (χ3n) is 4.46. The summed E-state index contributed by atoms with van der Waals surface area (Å²) in [6, 6.07) is 9.50. The zero-order valence-electron chi connectivity index (χ0n) is 16.2. The highest BCUT2D eigenvalue weighted by Crippen LogP contribution is 2.14. The van der Waals surface area contributed by atoms with Crippen molar-refractivity contribution in [1.29, 1.82) is 0 Å². The predicted molar refractivity (Wildman–Crippen MR) is 104 cm³/mol. The van der Waals surface area contributed by atoms with Crippen LogP contribution in [-0.2, 0) is 26.4 Å². The van der Waals surface area contributed by atoms with Gasteiger partial charge in [0.15, 0.2) is 0 Å². The van der Waals surface area contributed by atoms with Crippen LogP contribution in [0.2, 0.25) is 0 Å². The Hall–Kier alpha value is -3.35. The van der Waals surface area contributed by atoms with E-state index < -0.39 is 11.5 Å². The van der Waals surface area contributed by atoms with Crippen molar-refractivity contribution < 1.29 is 13.9 Å². The molecule has 1 amide bonds. The van der Waals surface area contributed by atoms with Crippen LogP contribution in [0.25, 0.3) is 0 Å². The normalized spacial score (nSPS) is 10.7. The van der Waals surface area contributed by atoms with Crippen molar-refractivity contribution in [3.8, 4) is 5.75 Å². The molecular weight excluding hydrogens is 358 g/mol. The molecule has 0 radical (unpaired) electrons. The smallest absolute Gasteiger partial charge is 0.349 e. The molecule has 0 aliphatic carbocycles. The summed E-state index contributed by atoms with van der Waals surface area (Å²) in [6.07, 6.45) is 4.76. The second-order valence-corrected chi connectivity index (χ2v) is 6.61. The molecule has 0 atom stereocenters.